The molecule has 2 heterocycles. The number of piperazine rings is 1. The Morgan fingerprint density at radius 2 is 1.72 bits per heavy atom. The maximum Gasteiger partial charge on any atom is 0.254 e. The Bertz CT molecular complexity index is 991. The first-order valence-corrected chi connectivity index (χ1v) is 10.9. The molecule has 1 aliphatic heterocycles. The first-order valence-electron chi connectivity index (χ1n) is 9.38. The van der Waals surface area contributed by atoms with E-state index in [0.717, 1.165) is 34.6 Å². The minimum absolute atomic E-state index is 0.0366. The Morgan fingerprint density at radius 3 is 2.38 bits per heavy atom. The molecule has 150 valence electrons. The second-order valence-electron chi connectivity index (χ2n) is 7.10. The molecule has 8 heteroatoms. The van der Waals surface area contributed by atoms with E-state index in [1.165, 1.54) is 11.5 Å². The van der Waals surface area contributed by atoms with E-state index >= 15 is 0 Å². The maximum atomic E-state index is 12.8. The number of hydrogen-bond acceptors (Lipinski definition) is 5. The summed E-state index contributed by atoms with van der Waals surface area (Å²) in [6, 6.07) is 14.9. The third-order valence-electron chi connectivity index (χ3n) is 4.98. The number of carbonyl (C=O) groups excluding carboxylic acids is 1. The largest absolute Gasteiger partial charge is 0.343 e. The molecule has 0 saturated carbocycles. The number of benzene rings is 2. The average Bonchev–Trinajstić information content (AvgIpc) is 3.18. The molecule has 0 aliphatic carbocycles. The van der Waals surface area contributed by atoms with Crippen molar-refractivity contribution in [2.45, 2.75) is 19.4 Å². The number of nitrogens with zero attached hydrogens (tertiary/aromatic N) is 4. The highest BCUT2D eigenvalue weighted by Crippen LogP contribution is 2.24. The van der Waals surface area contributed by atoms with Crippen LogP contribution in [0.4, 0.5) is 5.13 Å². The van der Waals surface area contributed by atoms with Gasteiger partial charge >= 0.3 is 0 Å². The number of amides is 1. The van der Waals surface area contributed by atoms with Gasteiger partial charge in [-0.05, 0) is 48.9 Å². The monoisotopic (exact) mass is 446 g/mol. The van der Waals surface area contributed by atoms with E-state index in [4.69, 9.17) is 28.2 Å². The van der Waals surface area contributed by atoms with E-state index in [0.29, 0.717) is 23.6 Å². The summed E-state index contributed by atoms with van der Waals surface area (Å²) in [4.78, 5) is 21.7. The van der Waals surface area contributed by atoms with Crippen molar-refractivity contribution >= 4 is 45.8 Å². The van der Waals surface area contributed by atoms with Crippen molar-refractivity contribution < 1.29 is 4.79 Å². The third-order valence-corrected chi connectivity index (χ3v) is 6.30. The van der Waals surface area contributed by atoms with Gasteiger partial charge in [-0.1, -0.05) is 35.3 Å². The highest BCUT2D eigenvalue weighted by atomic mass is 35.5. The predicted molar refractivity (Wildman–Crippen MR) is 118 cm³/mol. The van der Waals surface area contributed by atoms with E-state index in [1.807, 2.05) is 29.2 Å². The number of anilines is 1. The fraction of sp³-hybridized carbons (Fsp3) is 0.286. The van der Waals surface area contributed by atoms with Crippen LogP contribution in [0, 0.1) is 0 Å². The molecule has 1 aliphatic rings. The minimum atomic E-state index is 0.0366. The van der Waals surface area contributed by atoms with E-state index in [-0.39, 0.29) is 11.9 Å². The molecule has 0 spiro atoms. The Balaban J connectivity index is 1.39. The fourth-order valence-electron chi connectivity index (χ4n) is 3.42. The number of aromatic nitrogens is 2. The van der Waals surface area contributed by atoms with Gasteiger partial charge in [0.1, 0.15) is 5.82 Å². The van der Waals surface area contributed by atoms with Crippen LogP contribution in [0.25, 0.3) is 0 Å². The molecule has 4 rings (SSSR count). The van der Waals surface area contributed by atoms with Crippen molar-refractivity contribution in [3.8, 4) is 0 Å². The third kappa shape index (κ3) is 4.71. The Hall–Kier alpha value is -2.15. The lowest BCUT2D eigenvalue weighted by Crippen LogP contribution is -2.54. The Labute approximate surface area is 184 Å². The smallest absolute Gasteiger partial charge is 0.254 e. The lowest BCUT2D eigenvalue weighted by atomic mass is 10.1. The Kier molecular flexibility index (Phi) is 6.04. The van der Waals surface area contributed by atoms with Crippen LogP contribution >= 0.6 is 34.7 Å². The summed E-state index contributed by atoms with van der Waals surface area (Å²) in [6.45, 7) is 4.18. The van der Waals surface area contributed by atoms with Gasteiger partial charge in [0.15, 0.2) is 0 Å². The van der Waals surface area contributed by atoms with Gasteiger partial charge in [-0.3, -0.25) is 4.79 Å². The number of carbonyl (C=O) groups is 1. The van der Waals surface area contributed by atoms with Crippen molar-refractivity contribution in [3.05, 3.63) is 75.5 Å². The number of rotatable bonds is 4. The van der Waals surface area contributed by atoms with E-state index in [1.54, 1.807) is 24.3 Å². The van der Waals surface area contributed by atoms with Crippen LogP contribution in [0.15, 0.2) is 48.5 Å². The molecular formula is C21H20Cl2N4OS. The van der Waals surface area contributed by atoms with Gasteiger partial charge in [-0.15, -0.1) is 0 Å². The Morgan fingerprint density at radius 1 is 1.07 bits per heavy atom. The van der Waals surface area contributed by atoms with Gasteiger partial charge in [-0.2, -0.15) is 4.37 Å². The van der Waals surface area contributed by atoms with Crippen molar-refractivity contribution in [3.63, 3.8) is 0 Å². The molecule has 0 bridgehead atoms. The second kappa shape index (κ2) is 8.69. The summed E-state index contributed by atoms with van der Waals surface area (Å²) >= 11 is 13.3. The highest BCUT2D eigenvalue weighted by molar-refractivity contribution is 7.09. The summed E-state index contributed by atoms with van der Waals surface area (Å²) in [7, 11) is 0. The molecular weight excluding hydrogens is 427 g/mol. The van der Waals surface area contributed by atoms with Gasteiger partial charge in [0.05, 0.1) is 0 Å². The molecule has 2 aromatic carbocycles. The van der Waals surface area contributed by atoms with Crippen molar-refractivity contribution in [2.24, 2.45) is 0 Å². The van der Waals surface area contributed by atoms with Crippen molar-refractivity contribution in [1.29, 1.82) is 0 Å². The quantitative estimate of drug-likeness (QED) is 0.577. The maximum absolute atomic E-state index is 12.8. The molecule has 1 fully saturated rings. The first kappa shape index (κ1) is 20.1. The normalized spacial score (nSPS) is 16.9. The summed E-state index contributed by atoms with van der Waals surface area (Å²) in [5, 5.41) is 2.25. The fourth-order valence-corrected chi connectivity index (χ4v) is 4.39. The SMILES string of the molecule is CC1CN(c2nc(Cc3ccc(Cl)cc3)ns2)CCN1C(=O)c1ccc(Cl)cc1. The summed E-state index contributed by atoms with van der Waals surface area (Å²) in [6.07, 6.45) is 0.679. The number of hydrogen-bond donors (Lipinski definition) is 0. The van der Waals surface area contributed by atoms with Crippen LogP contribution in [-0.2, 0) is 6.42 Å². The van der Waals surface area contributed by atoms with Crippen molar-refractivity contribution in [1.82, 2.24) is 14.3 Å². The molecule has 1 aromatic heterocycles. The lowest BCUT2D eigenvalue weighted by molar-refractivity contribution is 0.0674. The number of halogens is 2. The topological polar surface area (TPSA) is 49.3 Å². The molecule has 0 N–H and O–H groups in total. The van der Waals surface area contributed by atoms with Gasteiger partial charge in [0, 0.05) is 59.2 Å². The van der Waals surface area contributed by atoms with E-state index in [2.05, 4.69) is 16.2 Å². The zero-order valence-corrected chi connectivity index (χ0v) is 18.2. The predicted octanol–water partition coefficient (Wildman–Crippen LogP) is 4.79. The van der Waals surface area contributed by atoms with E-state index < -0.39 is 0 Å². The molecule has 3 aromatic rings. The molecule has 29 heavy (non-hydrogen) atoms. The van der Waals surface area contributed by atoms with Gasteiger partial charge in [0.2, 0.25) is 5.13 Å². The summed E-state index contributed by atoms with van der Waals surface area (Å²) in [5.74, 6) is 0.842. The zero-order valence-electron chi connectivity index (χ0n) is 15.9. The summed E-state index contributed by atoms with van der Waals surface area (Å²) < 4.78 is 4.51. The van der Waals surface area contributed by atoms with Gasteiger partial charge in [0.25, 0.3) is 5.91 Å². The van der Waals surface area contributed by atoms with Crippen LogP contribution < -0.4 is 4.90 Å². The van der Waals surface area contributed by atoms with Crippen LogP contribution in [0.1, 0.15) is 28.7 Å². The summed E-state index contributed by atoms with van der Waals surface area (Å²) in [5.41, 5.74) is 1.79. The van der Waals surface area contributed by atoms with Crippen LogP contribution in [0.3, 0.4) is 0 Å². The zero-order chi connectivity index (χ0) is 20.4. The minimum Gasteiger partial charge on any atom is -0.343 e. The molecule has 1 saturated heterocycles. The van der Waals surface area contributed by atoms with Crippen LogP contribution in [0.5, 0.6) is 0 Å². The van der Waals surface area contributed by atoms with Crippen LogP contribution in [0.2, 0.25) is 10.0 Å². The van der Waals surface area contributed by atoms with Crippen LogP contribution in [-0.4, -0.2) is 45.8 Å². The molecule has 1 amide bonds. The molecule has 5 nitrogen and oxygen atoms in total. The van der Waals surface area contributed by atoms with Gasteiger partial charge in [-0.25, -0.2) is 4.98 Å². The second-order valence-corrected chi connectivity index (χ2v) is 8.70. The molecule has 1 unspecified atom stereocenters. The molecule has 0 radical (unpaired) electrons. The lowest BCUT2D eigenvalue weighted by Gasteiger charge is -2.39. The van der Waals surface area contributed by atoms with E-state index in [9.17, 15) is 4.79 Å². The average molecular weight is 447 g/mol. The standard InChI is InChI=1S/C21H20Cl2N4OS/c1-14-13-26(10-11-27(14)20(28)16-4-8-18(23)9-5-16)21-24-19(25-29-21)12-15-2-6-17(22)7-3-15/h2-9,14H,10-13H2,1H3. The highest BCUT2D eigenvalue weighted by Gasteiger charge is 2.29. The first-order chi connectivity index (χ1) is 14.0. The van der Waals surface area contributed by atoms with Gasteiger partial charge < -0.3 is 9.80 Å². The molecule has 1 atom stereocenters. The van der Waals surface area contributed by atoms with Crippen molar-refractivity contribution in [2.75, 3.05) is 24.5 Å².